The first-order valence-electron chi connectivity index (χ1n) is 4.42. The number of anilines is 1. The maximum atomic E-state index is 10.9. The van der Waals surface area contributed by atoms with Crippen LogP contribution in [0.25, 0.3) is 0 Å². The van der Waals surface area contributed by atoms with Gasteiger partial charge in [-0.05, 0) is 5.92 Å². The fourth-order valence-electron chi connectivity index (χ4n) is 1.75. The van der Waals surface area contributed by atoms with Crippen LogP contribution in [0.2, 0.25) is 0 Å². The summed E-state index contributed by atoms with van der Waals surface area (Å²) in [6.07, 6.45) is 0. The second kappa shape index (κ2) is 3.53. The van der Waals surface area contributed by atoms with E-state index in [-0.39, 0.29) is 11.8 Å². The molecule has 1 fully saturated rings. The lowest BCUT2D eigenvalue weighted by Gasteiger charge is -2.12. The molecule has 5 nitrogen and oxygen atoms in total. The van der Waals surface area contributed by atoms with Crippen molar-refractivity contribution in [1.29, 1.82) is 0 Å². The van der Waals surface area contributed by atoms with Crippen LogP contribution in [-0.2, 0) is 4.79 Å². The van der Waals surface area contributed by atoms with Gasteiger partial charge in [0.25, 0.3) is 0 Å². The van der Waals surface area contributed by atoms with Crippen LogP contribution in [0.3, 0.4) is 0 Å². The van der Waals surface area contributed by atoms with E-state index in [1.165, 1.54) is 11.3 Å². The van der Waals surface area contributed by atoms with Crippen molar-refractivity contribution in [3.8, 4) is 0 Å². The minimum absolute atomic E-state index is 0.177. The molecular formula is C8H11N3O2S. The van der Waals surface area contributed by atoms with E-state index in [1.54, 1.807) is 5.51 Å². The van der Waals surface area contributed by atoms with Crippen LogP contribution in [0.15, 0.2) is 5.51 Å². The standard InChI is InChI=1S/C8H11N3O2S/c1-5-2-11(3-6(5)7(12)13)8-10-9-4-14-8/h4-6H,2-3H2,1H3,(H,12,13). The predicted molar refractivity (Wildman–Crippen MR) is 52.4 cm³/mol. The molecule has 1 aromatic heterocycles. The lowest BCUT2D eigenvalue weighted by molar-refractivity contribution is -0.142. The third kappa shape index (κ3) is 1.57. The van der Waals surface area contributed by atoms with Crippen molar-refractivity contribution in [2.75, 3.05) is 18.0 Å². The third-order valence-corrected chi connectivity index (χ3v) is 3.30. The second-order valence-corrected chi connectivity index (χ2v) is 4.36. The maximum absolute atomic E-state index is 10.9. The highest BCUT2D eigenvalue weighted by molar-refractivity contribution is 7.13. The van der Waals surface area contributed by atoms with Crippen molar-refractivity contribution in [2.45, 2.75) is 6.92 Å². The Labute approximate surface area is 85.4 Å². The molecule has 1 saturated heterocycles. The van der Waals surface area contributed by atoms with Gasteiger partial charge < -0.3 is 10.0 Å². The average Bonchev–Trinajstić information content (AvgIpc) is 2.70. The smallest absolute Gasteiger partial charge is 0.308 e. The first kappa shape index (κ1) is 9.39. The van der Waals surface area contributed by atoms with Crippen LogP contribution in [-0.4, -0.2) is 34.4 Å². The Morgan fingerprint density at radius 1 is 1.71 bits per heavy atom. The van der Waals surface area contributed by atoms with E-state index in [1.807, 2.05) is 11.8 Å². The van der Waals surface area contributed by atoms with Crippen LogP contribution in [0.1, 0.15) is 6.92 Å². The first-order valence-corrected chi connectivity index (χ1v) is 5.30. The lowest BCUT2D eigenvalue weighted by atomic mass is 9.99. The van der Waals surface area contributed by atoms with Crippen LogP contribution < -0.4 is 4.90 Å². The highest BCUT2D eigenvalue weighted by Crippen LogP contribution is 2.28. The molecule has 2 rings (SSSR count). The van der Waals surface area contributed by atoms with E-state index < -0.39 is 5.97 Å². The predicted octanol–water partition coefficient (Wildman–Crippen LogP) is 0.695. The molecule has 1 aliphatic rings. The van der Waals surface area contributed by atoms with Crippen molar-refractivity contribution in [3.63, 3.8) is 0 Å². The van der Waals surface area contributed by atoms with Gasteiger partial charge >= 0.3 is 5.97 Å². The van der Waals surface area contributed by atoms with Crippen LogP contribution in [0.4, 0.5) is 5.13 Å². The molecule has 1 aliphatic heterocycles. The molecule has 0 saturated carbocycles. The van der Waals surface area contributed by atoms with Gasteiger partial charge in [0.15, 0.2) is 0 Å². The molecule has 2 atom stereocenters. The molecule has 1 N–H and O–H groups in total. The van der Waals surface area contributed by atoms with Crippen molar-refractivity contribution < 1.29 is 9.90 Å². The molecule has 2 heterocycles. The maximum Gasteiger partial charge on any atom is 0.308 e. The van der Waals surface area contributed by atoms with E-state index >= 15 is 0 Å². The van der Waals surface area contributed by atoms with Crippen LogP contribution in [0.5, 0.6) is 0 Å². The molecule has 0 bridgehead atoms. The Hall–Kier alpha value is -1.17. The van der Waals surface area contributed by atoms with Crippen molar-refractivity contribution in [1.82, 2.24) is 10.2 Å². The second-order valence-electron chi connectivity index (χ2n) is 3.55. The summed E-state index contributed by atoms with van der Waals surface area (Å²) in [4.78, 5) is 12.9. The van der Waals surface area contributed by atoms with E-state index in [2.05, 4.69) is 10.2 Å². The largest absolute Gasteiger partial charge is 0.481 e. The number of aromatic nitrogens is 2. The number of carboxylic acid groups (broad SMARTS) is 1. The number of nitrogens with zero attached hydrogens (tertiary/aromatic N) is 3. The zero-order valence-electron chi connectivity index (χ0n) is 7.75. The van der Waals surface area contributed by atoms with Gasteiger partial charge in [-0.25, -0.2) is 0 Å². The third-order valence-electron chi connectivity index (χ3n) is 2.55. The minimum Gasteiger partial charge on any atom is -0.481 e. The molecule has 2 unspecified atom stereocenters. The highest BCUT2D eigenvalue weighted by Gasteiger charge is 2.35. The van der Waals surface area contributed by atoms with Gasteiger partial charge in [0.2, 0.25) is 5.13 Å². The SMILES string of the molecule is CC1CN(c2nncs2)CC1C(=O)O. The van der Waals surface area contributed by atoms with E-state index in [4.69, 9.17) is 5.11 Å². The molecule has 14 heavy (non-hydrogen) atoms. The normalized spacial score (nSPS) is 26.8. The Bertz CT molecular complexity index is 327. The number of hydrogen-bond donors (Lipinski definition) is 1. The summed E-state index contributed by atoms with van der Waals surface area (Å²) < 4.78 is 0. The lowest BCUT2D eigenvalue weighted by Crippen LogP contribution is -2.22. The summed E-state index contributed by atoms with van der Waals surface area (Å²) in [6.45, 7) is 3.26. The number of carboxylic acids is 1. The number of rotatable bonds is 2. The topological polar surface area (TPSA) is 66.3 Å². The fourth-order valence-corrected chi connectivity index (χ4v) is 2.33. The van der Waals surface area contributed by atoms with E-state index in [0.29, 0.717) is 6.54 Å². The molecule has 0 radical (unpaired) electrons. The van der Waals surface area contributed by atoms with Gasteiger partial charge in [0.05, 0.1) is 5.92 Å². The summed E-state index contributed by atoms with van der Waals surface area (Å²) in [6, 6.07) is 0. The summed E-state index contributed by atoms with van der Waals surface area (Å²) in [5, 5.41) is 17.4. The van der Waals surface area contributed by atoms with Crippen LogP contribution >= 0.6 is 11.3 Å². The van der Waals surface area contributed by atoms with Crippen molar-refractivity contribution >= 4 is 22.4 Å². The average molecular weight is 213 g/mol. The zero-order chi connectivity index (χ0) is 10.1. The van der Waals surface area contributed by atoms with Gasteiger partial charge in [-0.2, -0.15) is 0 Å². The zero-order valence-corrected chi connectivity index (χ0v) is 8.57. The highest BCUT2D eigenvalue weighted by atomic mass is 32.1. The summed E-state index contributed by atoms with van der Waals surface area (Å²) in [7, 11) is 0. The molecule has 0 spiro atoms. The monoisotopic (exact) mass is 213 g/mol. The van der Waals surface area contributed by atoms with Gasteiger partial charge in [0, 0.05) is 13.1 Å². The van der Waals surface area contributed by atoms with Crippen molar-refractivity contribution in [3.05, 3.63) is 5.51 Å². The molecule has 0 aliphatic carbocycles. The number of aliphatic carboxylic acids is 1. The molecular weight excluding hydrogens is 202 g/mol. The summed E-state index contributed by atoms with van der Waals surface area (Å²) >= 11 is 1.45. The number of hydrogen-bond acceptors (Lipinski definition) is 5. The molecule has 6 heteroatoms. The summed E-state index contributed by atoms with van der Waals surface area (Å²) in [5.41, 5.74) is 1.66. The quantitative estimate of drug-likeness (QED) is 0.783. The Morgan fingerprint density at radius 3 is 3.00 bits per heavy atom. The van der Waals surface area contributed by atoms with Gasteiger partial charge in [-0.1, -0.05) is 18.3 Å². The van der Waals surface area contributed by atoms with Crippen molar-refractivity contribution in [2.24, 2.45) is 11.8 Å². The van der Waals surface area contributed by atoms with Gasteiger partial charge in [-0.15, -0.1) is 10.2 Å². The first-order chi connectivity index (χ1) is 6.68. The Kier molecular flexibility index (Phi) is 2.37. The Morgan fingerprint density at radius 2 is 2.50 bits per heavy atom. The molecule has 76 valence electrons. The van der Waals surface area contributed by atoms with E-state index in [0.717, 1.165) is 11.7 Å². The molecule has 0 amide bonds. The fraction of sp³-hybridized carbons (Fsp3) is 0.625. The molecule has 1 aromatic rings. The number of carbonyl (C=O) groups is 1. The van der Waals surface area contributed by atoms with Gasteiger partial charge in [0.1, 0.15) is 5.51 Å². The van der Waals surface area contributed by atoms with Crippen LogP contribution in [0, 0.1) is 11.8 Å². The minimum atomic E-state index is -0.718. The Balaban J connectivity index is 2.10. The van der Waals surface area contributed by atoms with Gasteiger partial charge in [-0.3, -0.25) is 4.79 Å². The molecule has 0 aromatic carbocycles. The van der Waals surface area contributed by atoms with E-state index in [9.17, 15) is 4.79 Å². The summed E-state index contributed by atoms with van der Waals surface area (Å²) in [5.74, 6) is -0.820.